The molecule has 0 aliphatic heterocycles. The SMILES string of the molecule is C#CC(C)NC(=O)c1cc[nH]c(=O)c1. The molecular weight excluding hydrogens is 180 g/mol. The Bertz CT molecular complexity index is 428. The highest BCUT2D eigenvalue weighted by molar-refractivity contribution is 5.94. The molecule has 2 N–H and O–H groups in total. The lowest BCUT2D eigenvalue weighted by molar-refractivity contribution is 0.0948. The summed E-state index contributed by atoms with van der Waals surface area (Å²) >= 11 is 0. The Kier molecular flexibility index (Phi) is 3.08. The van der Waals surface area contributed by atoms with Crippen LogP contribution in [0.15, 0.2) is 23.1 Å². The minimum Gasteiger partial charge on any atom is -0.339 e. The zero-order valence-electron chi connectivity index (χ0n) is 7.70. The van der Waals surface area contributed by atoms with Crippen molar-refractivity contribution in [1.82, 2.24) is 10.3 Å². The van der Waals surface area contributed by atoms with Crippen LogP contribution in [0.3, 0.4) is 0 Å². The van der Waals surface area contributed by atoms with Gasteiger partial charge in [0.1, 0.15) is 0 Å². The molecular formula is C10H10N2O2. The monoisotopic (exact) mass is 190 g/mol. The van der Waals surface area contributed by atoms with Gasteiger partial charge in [-0.3, -0.25) is 9.59 Å². The molecule has 1 rings (SSSR count). The normalized spacial score (nSPS) is 11.4. The first-order valence-corrected chi connectivity index (χ1v) is 4.09. The maximum absolute atomic E-state index is 11.4. The molecule has 4 heteroatoms. The molecule has 72 valence electrons. The fourth-order valence-electron chi connectivity index (χ4n) is 0.907. The summed E-state index contributed by atoms with van der Waals surface area (Å²) in [6.07, 6.45) is 6.51. The smallest absolute Gasteiger partial charge is 0.252 e. The van der Waals surface area contributed by atoms with Gasteiger partial charge in [0.2, 0.25) is 5.56 Å². The second-order valence-corrected chi connectivity index (χ2v) is 2.80. The Morgan fingerprint density at radius 2 is 2.43 bits per heavy atom. The van der Waals surface area contributed by atoms with E-state index in [9.17, 15) is 9.59 Å². The van der Waals surface area contributed by atoms with E-state index in [2.05, 4.69) is 16.2 Å². The fourth-order valence-corrected chi connectivity index (χ4v) is 0.907. The number of carbonyl (C=O) groups is 1. The van der Waals surface area contributed by atoms with E-state index in [1.165, 1.54) is 18.3 Å². The number of terminal acetylenes is 1. The lowest BCUT2D eigenvalue weighted by Crippen LogP contribution is -2.31. The van der Waals surface area contributed by atoms with Crippen LogP contribution < -0.4 is 10.9 Å². The minimum atomic E-state index is -0.346. The van der Waals surface area contributed by atoms with Gasteiger partial charge >= 0.3 is 0 Å². The van der Waals surface area contributed by atoms with Crippen molar-refractivity contribution in [2.75, 3.05) is 0 Å². The molecule has 1 aromatic rings. The van der Waals surface area contributed by atoms with E-state index in [0.29, 0.717) is 5.56 Å². The average molecular weight is 190 g/mol. The highest BCUT2D eigenvalue weighted by Crippen LogP contribution is 1.93. The number of aromatic amines is 1. The molecule has 0 radical (unpaired) electrons. The van der Waals surface area contributed by atoms with E-state index in [0.717, 1.165) is 0 Å². The number of pyridine rings is 1. The van der Waals surface area contributed by atoms with Crippen molar-refractivity contribution in [3.8, 4) is 12.3 Å². The molecule has 1 unspecified atom stereocenters. The van der Waals surface area contributed by atoms with E-state index < -0.39 is 0 Å². The summed E-state index contributed by atoms with van der Waals surface area (Å²) in [6.45, 7) is 1.69. The number of carbonyl (C=O) groups excluding carboxylic acids is 1. The third-order valence-corrected chi connectivity index (χ3v) is 1.63. The Balaban J connectivity index is 2.81. The van der Waals surface area contributed by atoms with E-state index >= 15 is 0 Å². The van der Waals surface area contributed by atoms with Crippen LogP contribution in [0.1, 0.15) is 17.3 Å². The van der Waals surface area contributed by atoms with Gasteiger partial charge in [0.25, 0.3) is 5.91 Å². The molecule has 0 fully saturated rings. The number of hydrogen-bond acceptors (Lipinski definition) is 2. The number of aromatic nitrogens is 1. The predicted molar refractivity (Wildman–Crippen MR) is 52.8 cm³/mol. The second-order valence-electron chi connectivity index (χ2n) is 2.80. The van der Waals surface area contributed by atoms with Crippen LogP contribution in [0.4, 0.5) is 0 Å². The largest absolute Gasteiger partial charge is 0.339 e. The summed E-state index contributed by atoms with van der Waals surface area (Å²) < 4.78 is 0. The van der Waals surface area contributed by atoms with Crippen molar-refractivity contribution >= 4 is 5.91 Å². The summed E-state index contributed by atoms with van der Waals surface area (Å²) in [6, 6.07) is 2.39. The van der Waals surface area contributed by atoms with E-state index in [4.69, 9.17) is 6.42 Å². The summed E-state index contributed by atoms with van der Waals surface area (Å²) in [5, 5.41) is 2.55. The lowest BCUT2D eigenvalue weighted by Gasteiger charge is -2.06. The molecule has 0 aromatic carbocycles. The first kappa shape index (κ1) is 10.1. The van der Waals surface area contributed by atoms with Gasteiger partial charge in [-0.1, -0.05) is 5.92 Å². The third-order valence-electron chi connectivity index (χ3n) is 1.63. The van der Waals surface area contributed by atoms with Crippen LogP contribution >= 0.6 is 0 Å². The molecule has 0 bridgehead atoms. The Morgan fingerprint density at radius 3 is 3.00 bits per heavy atom. The van der Waals surface area contributed by atoms with Crippen LogP contribution in [-0.4, -0.2) is 16.9 Å². The topological polar surface area (TPSA) is 62.0 Å². The fraction of sp³-hybridized carbons (Fsp3) is 0.200. The van der Waals surface area contributed by atoms with Gasteiger partial charge in [-0.2, -0.15) is 0 Å². The van der Waals surface area contributed by atoms with Crippen molar-refractivity contribution in [3.05, 3.63) is 34.2 Å². The molecule has 1 atom stereocenters. The number of nitrogens with one attached hydrogen (secondary N) is 2. The number of amides is 1. The van der Waals surface area contributed by atoms with E-state index in [1.54, 1.807) is 6.92 Å². The molecule has 0 saturated carbocycles. The highest BCUT2D eigenvalue weighted by Gasteiger charge is 2.07. The molecule has 1 heterocycles. The van der Waals surface area contributed by atoms with Crippen molar-refractivity contribution in [3.63, 3.8) is 0 Å². The van der Waals surface area contributed by atoms with Gasteiger partial charge in [-0.05, 0) is 13.0 Å². The average Bonchev–Trinajstić information content (AvgIpc) is 2.17. The van der Waals surface area contributed by atoms with Crippen LogP contribution in [0, 0.1) is 12.3 Å². The number of H-pyrrole nitrogens is 1. The first-order valence-electron chi connectivity index (χ1n) is 4.09. The molecule has 0 aliphatic rings. The van der Waals surface area contributed by atoms with Crippen LogP contribution in [0.25, 0.3) is 0 Å². The van der Waals surface area contributed by atoms with Crippen LogP contribution in [-0.2, 0) is 0 Å². The summed E-state index contributed by atoms with van der Waals surface area (Å²) in [5.74, 6) is 2.02. The maximum atomic E-state index is 11.4. The second kappa shape index (κ2) is 4.28. The Morgan fingerprint density at radius 1 is 1.71 bits per heavy atom. The molecule has 14 heavy (non-hydrogen) atoms. The van der Waals surface area contributed by atoms with Gasteiger partial charge in [0, 0.05) is 17.8 Å². The summed E-state index contributed by atoms with van der Waals surface area (Å²) in [5.41, 5.74) is -0.0122. The Labute approximate surface area is 81.3 Å². The van der Waals surface area contributed by atoms with Crippen molar-refractivity contribution in [2.45, 2.75) is 13.0 Å². The molecule has 0 spiro atoms. The van der Waals surface area contributed by atoms with Gasteiger partial charge in [-0.15, -0.1) is 6.42 Å². The first-order chi connectivity index (χ1) is 6.63. The van der Waals surface area contributed by atoms with Gasteiger partial charge in [0.05, 0.1) is 6.04 Å². The highest BCUT2D eigenvalue weighted by atomic mass is 16.2. The molecule has 1 amide bonds. The third kappa shape index (κ3) is 2.49. The number of rotatable bonds is 2. The Hall–Kier alpha value is -2.02. The standard InChI is InChI=1S/C10H10N2O2/c1-3-7(2)12-10(14)8-4-5-11-9(13)6-8/h1,4-7H,2H3,(H,11,13)(H,12,14). The zero-order chi connectivity index (χ0) is 10.6. The van der Waals surface area contributed by atoms with E-state index in [1.807, 2.05) is 0 Å². The van der Waals surface area contributed by atoms with Crippen LogP contribution in [0.2, 0.25) is 0 Å². The minimum absolute atomic E-state index is 0.302. The van der Waals surface area contributed by atoms with Crippen molar-refractivity contribution < 1.29 is 4.79 Å². The molecule has 1 aromatic heterocycles. The molecule has 0 aliphatic carbocycles. The number of hydrogen-bond donors (Lipinski definition) is 2. The molecule has 4 nitrogen and oxygen atoms in total. The predicted octanol–water partition coefficient (Wildman–Crippen LogP) is 0.126. The van der Waals surface area contributed by atoms with Crippen molar-refractivity contribution in [1.29, 1.82) is 0 Å². The van der Waals surface area contributed by atoms with E-state index in [-0.39, 0.29) is 17.5 Å². The summed E-state index contributed by atoms with van der Waals surface area (Å²) in [7, 11) is 0. The quantitative estimate of drug-likeness (QED) is 0.651. The summed E-state index contributed by atoms with van der Waals surface area (Å²) in [4.78, 5) is 24.7. The molecule has 0 saturated heterocycles. The van der Waals surface area contributed by atoms with Gasteiger partial charge in [0.15, 0.2) is 0 Å². The van der Waals surface area contributed by atoms with Crippen molar-refractivity contribution in [2.24, 2.45) is 0 Å². The van der Waals surface area contributed by atoms with Gasteiger partial charge < -0.3 is 10.3 Å². The maximum Gasteiger partial charge on any atom is 0.252 e. The van der Waals surface area contributed by atoms with Crippen LogP contribution in [0.5, 0.6) is 0 Å². The van der Waals surface area contributed by atoms with Gasteiger partial charge in [-0.25, -0.2) is 0 Å². The lowest BCUT2D eigenvalue weighted by atomic mass is 10.2. The zero-order valence-corrected chi connectivity index (χ0v) is 7.70.